The second-order valence-corrected chi connectivity index (χ2v) is 10.8. The van der Waals surface area contributed by atoms with Gasteiger partial charge in [0, 0.05) is 26.9 Å². The summed E-state index contributed by atoms with van der Waals surface area (Å²) in [5, 5.41) is 0. The number of hydrogen-bond acceptors (Lipinski definition) is 3. The van der Waals surface area contributed by atoms with E-state index in [1.54, 1.807) is 23.5 Å². The third-order valence-electron chi connectivity index (χ3n) is 6.44. The molecule has 0 amide bonds. The quantitative estimate of drug-likeness (QED) is 0.135. The molecule has 0 N–H and O–H groups in total. The summed E-state index contributed by atoms with van der Waals surface area (Å²) in [6.45, 7) is 0. The zero-order valence-corrected chi connectivity index (χ0v) is 23.8. The summed E-state index contributed by atoms with van der Waals surface area (Å²) in [5.41, 5.74) is 8.15. The van der Waals surface area contributed by atoms with E-state index in [0.717, 1.165) is 17.1 Å². The Kier molecular flexibility index (Phi) is 9.05. The molecule has 3 heteroatoms. The third-order valence-corrected chi connectivity index (χ3v) is 7.89. The number of nitrogens with zero attached hydrogens (tertiary/aromatic N) is 1. The molecule has 1 nitrogen and oxygen atoms in total. The van der Waals surface area contributed by atoms with Crippen LogP contribution in [-0.2, 0) is 0 Å². The lowest BCUT2D eigenvalue weighted by molar-refractivity contribution is 1.28. The van der Waals surface area contributed by atoms with Crippen molar-refractivity contribution in [1.29, 1.82) is 0 Å². The predicted octanol–water partition coefficient (Wildman–Crippen LogP) is 10.9. The first kappa shape index (κ1) is 26.7. The van der Waals surface area contributed by atoms with Crippen molar-refractivity contribution >= 4 is 64.9 Å². The second kappa shape index (κ2) is 13.2. The van der Waals surface area contributed by atoms with Gasteiger partial charge in [0.2, 0.25) is 0 Å². The Morgan fingerprint density at radius 3 is 1.26 bits per heavy atom. The number of anilines is 3. The minimum atomic E-state index is 1.12. The van der Waals surface area contributed by atoms with Gasteiger partial charge in [-0.25, -0.2) is 0 Å². The first-order chi connectivity index (χ1) is 19.2. The van der Waals surface area contributed by atoms with E-state index in [-0.39, 0.29) is 0 Å². The molecule has 0 saturated heterocycles. The van der Waals surface area contributed by atoms with Crippen LogP contribution in [0.15, 0.2) is 137 Å². The van der Waals surface area contributed by atoms with Gasteiger partial charge in [-0.15, -0.1) is 23.5 Å². The Morgan fingerprint density at radius 2 is 0.821 bits per heavy atom. The average molecular weight is 542 g/mol. The number of hydrogen-bond donors (Lipinski definition) is 0. The van der Waals surface area contributed by atoms with Gasteiger partial charge in [0.15, 0.2) is 0 Å². The molecule has 0 aromatic heterocycles. The maximum Gasteiger partial charge on any atom is 0.0462 e. The topological polar surface area (TPSA) is 3.24 Å². The Bertz CT molecular complexity index is 1450. The first-order valence-electron chi connectivity index (χ1n) is 12.9. The highest BCUT2D eigenvalue weighted by atomic mass is 32.2. The zero-order chi connectivity index (χ0) is 26.9. The number of para-hydroxylation sites is 1. The Morgan fingerprint density at radius 1 is 0.410 bits per heavy atom. The molecule has 0 heterocycles. The van der Waals surface area contributed by atoms with Gasteiger partial charge in [-0.05, 0) is 95.4 Å². The molecule has 0 aliphatic rings. The molecule has 0 aliphatic carbocycles. The maximum absolute atomic E-state index is 2.30. The summed E-state index contributed by atoms with van der Waals surface area (Å²) >= 11 is 3.53. The van der Waals surface area contributed by atoms with E-state index >= 15 is 0 Å². The fraction of sp³-hybridized carbons (Fsp3) is 0.0556. The highest BCUT2D eigenvalue weighted by Gasteiger charge is 2.11. The second-order valence-electron chi connectivity index (χ2n) is 9.07. The SMILES string of the molecule is CSc1cccc(/C=C/c2ccc(N(c3ccccc3)c3ccc(/C=C/c4cccc(SC)c4)cc3)cc2)c1. The van der Waals surface area contributed by atoms with Gasteiger partial charge in [-0.1, -0.05) is 91.0 Å². The van der Waals surface area contributed by atoms with E-state index in [1.807, 2.05) is 0 Å². The van der Waals surface area contributed by atoms with Crippen molar-refractivity contribution in [3.63, 3.8) is 0 Å². The van der Waals surface area contributed by atoms with Crippen molar-refractivity contribution in [2.45, 2.75) is 9.79 Å². The summed E-state index contributed by atoms with van der Waals surface area (Å²) in [6.07, 6.45) is 12.9. The standard InChI is InChI=1S/C36H31NS2/c1-38-35-12-6-8-30(26-35)16-14-28-18-22-33(23-19-28)37(32-10-4-3-5-11-32)34-24-20-29(21-25-34)15-17-31-9-7-13-36(27-31)39-2/h3-27H,1-2H3/b16-14+,17-15+. The highest BCUT2D eigenvalue weighted by Crippen LogP contribution is 2.35. The summed E-state index contributed by atoms with van der Waals surface area (Å²) in [7, 11) is 0. The number of thioether (sulfide) groups is 2. The van der Waals surface area contributed by atoms with Gasteiger partial charge < -0.3 is 4.90 Å². The largest absolute Gasteiger partial charge is 0.311 e. The van der Waals surface area contributed by atoms with Crippen LogP contribution in [0.1, 0.15) is 22.3 Å². The van der Waals surface area contributed by atoms with Gasteiger partial charge in [0.25, 0.3) is 0 Å². The van der Waals surface area contributed by atoms with Crippen LogP contribution >= 0.6 is 23.5 Å². The van der Waals surface area contributed by atoms with Gasteiger partial charge in [-0.3, -0.25) is 0 Å². The molecular formula is C36H31NS2. The van der Waals surface area contributed by atoms with Crippen molar-refractivity contribution in [3.05, 3.63) is 150 Å². The molecule has 5 rings (SSSR count). The molecule has 39 heavy (non-hydrogen) atoms. The van der Waals surface area contributed by atoms with E-state index in [2.05, 4.69) is 169 Å². The Balaban J connectivity index is 1.38. The average Bonchev–Trinajstić information content (AvgIpc) is 3.01. The summed E-state index contributed by atoms with van der Waals surface area (Å²) in [5.74, 6) is 0. The van der Waals surface area contributed by atoms with Crippen molar-refractivity contribution in [2.75, 3.05) is 17.4 Å². The van der Waals surface area contributed by atoms with Crippen molar-refractivity contribution in [2.24, 2.45) is 0 Å². The van der Waals surface area contributed by atoms with Crippen LogP contribution in [0.3, 0.4) is 0 Å². The van der Waals surface area contributed by atoms with Crippen molar-refractivity contribution < 1.29 is 0 Å². The Hall–Kier alpha value is -3.92. The molecule has 0 aliphatic heterocycles. The molecule has 0 atom stereocenters. The molecule has 0 radical (unpaired) electrons. The van der Waals surface area contributed by atoms with Crippen LogP contribution in [-0.4, -0.2) is 12.5 Å². The first-order valence-corrected chi connectivity index (χ1v) is 15.4. The van der Waals surface area contributed by atoms with E-state index in [4.69, 9.17) is 0 Å². The van der Waals surface area contributed by atoms with Crippen LogP contribution in [0.5, 0.6) is 0 Å². The minimum absolute atomic E-state index is 1.12. The molecule has 0 unspecified atom stereocenters. The van der Waals surface area contributed by atoms with Crippen LogP contribution in [0, 0.1) is 0 Å². The van der Waals surface area contributed by atoms with Crippen LogP contribution in [0.25, 0.3) is 24.3 Å². The van der Waals surface area contributed by atoms with E-state index < -0.39 is 0 Å². The van der Waals surface area contributed by atoms with Crippen LogP contribution < -0.4 is 4.90 Å². The number of rotatable bonds is 9. The molecule has 0 bridgehead atoms. The van der Waals surface area contributed by atoms with Crippen molar-refractivity contribution in [3.8, 4) is 0 Å². The lowest BCUT2D eigenvalue weighted by atomic mass is 10.1. The van der Waals surface area contributed by atoms with Crippen LogP contribution in [0.2, 0.25) is 0 Å². The molecule has 5 aromatic carbocycles. The van der Waals surface area contributed by atoms with Gasteiger partial charge in [0.05, 0.1) is 0 Å². The maximum atomic E-state index is 2.30. The Labute approximate surface area is 240 Å². The fourth-order valence-corrected chi connectivity index (χ4v) is 5.31. The summed E-state index contributed by atoms with van der Waals surface area (Å²) in [6, 6.07) is 45.2. The summed E-state index contributed by atoms with van der Waals surface area (Å²) < 4.78 is 0. The van der Waals surface area contributed by atoms with E-state index in [9.17, 15) is 0 Å². The highest BCUT2D eigenvalue weighted by molar-refractivity contribution is 7.98. The molecule has 0 fully saturated rings. The molecule has 0 spiro atoms. The van der Waals surface area contributed by atoms with Gasteiger partial charge in [0.1, 0.15) is 0 Å². The molecule has 5 aromatic rings. The molecular weight excluding hydrogens is 511 g/mol. The minimum Gasteiger partial charge on any atom is -0.311 e. The smallest absolute Gasteiger partial charge is 0.0462 e. The lowest BCUT2D eigenvalue weighted by Gasteiger charge is -2.25. The monoisotopic (exact) mass is 541 g/mol. The zero-order valence-electron chi connectivity index (χ0n) is 22.2. The molecule has 0 saturated carbocycles. The van der Waals surface area contributed by atoms with Crippen LogP contribution in [0.4, 0.5) is 17.1 Å². The van der Waals surface area contributed by atoms with Crippen molar-refractivity contribution in [1.82, 2.24) is 0 Å². The summed E-state index contributed by atoms with van der Waals surface area (Å²) in [4.78, 5) is 4.85. The van der Waals surface area contributed by atoms with E-state index in [1.165, 1.54) is 32.0 Å². The van der Waals surface area contributed by atoms with E-state index in [0.29, 0.717) is 0 Å². The molecule has 192 valence electrons. The lowest BCUT2D eigenvalue weighted by Crippen LogP contribution is -2.09. The van der Waals surface area contributed by atoms with Gasteiger partial charge >= 0.3 is 0 Å². The van der Waals surface area contributed by atoms with Gasteiger partial charge in [-0.2, -0.15) is 0 Å². The fourth-order valence-electron chi connectivity index (χ4n) is 4.37. The predicted molar refractivity (Wildman–Crippen MR) is 175 cm³/mol. The number of benzene rings is 5. The third kappa shape index (κ3) is 7.14. The normalized spacial score (nSPS) is 11.3.